The van der Waals surface area contributed by atoms with E-state index in [0.29, 0.717) is 22.3 Å². The third kappa shape index (κ3) is 13.5. The minimum atomic E-state index is -4.53. The molecule has 48 heteroatoms. The number of rotatable bonds is 24. The maximum absolute atomic E-state index is 15.7. The van der Waals surface area contributed by atoms with Gasteiger partial charge < -0.3 is 37.2 Å². The summed E-state index contributed by atoms with van der Waals surface area (Å²) in [6.45, 7) is 1.96. The predicted molar refractivity (Wildman–Crippen MR) is 335 cm³/mol. The number of carbonyl (C=O) groups is 8. The molecule has 0 spiro atoms. The molecule has 0 unspecified atom stereocenters. The Hall–Kier alpha value is -2.01. The van der Waals surface area contributed by atoms with E-state index in [2.05, 4.69) is 0 Å². The first kappa shape index (κ1) is 84.9. The van der Waals surface area contributed by atoms with Gasteiger partial charge in [0.05, 0.1) is 93.1 Å². The number of hydrogen-bond acceptors (Lipinski definition) is 24. The van der Waals surface area contributed by atoms with Crippen LogP contribution in [0.25, 0.3) is 0 Å². The summed E-state index contributed by atoms with van der Waals surface area (Å²) in [5, 5.41) is 0. The van der Waals surface area contributed by atoms with Crippen molar-refractivity contribution in [2.24, 2.45) is 0 Å². The molecule has 11 fully saturated rings. The van der Waals surface area contributed by atoms with E-state index >= 15 is 38.4 Å². The Bertz CT molecular complexity index is 3970. The Morgan fingerprint density at radius 1 is 0.302 bits per heavy atom. The predicted octanol–water partition coefficient (Wildman–Crippen LogP) is -11.9. The summed E-state index contributed by atoms with van der Waals surface area (Å²) in [5.41, 5.74) is -5.22. The number of amides is 16. The van der Waals surface area contributed by atoms with Gasteiger partial charge in [0.25, 0.3) is 0 Å². The van der Waals surface area contributed by atoms with E-state index in [1.807, 2.05) is 0 Å². The molecule has 0 aliphatic carbocycles. The summed E-state index contributed by atoms with van der Waals surface area (Å²) in [7, 11) is -18.1. The molecule has 106 heavy (non-hydrogen) atoms. The van der Waals surface area contributed by atoms with Gasteiger partial charge in [-0.25, -0.2) is 72.0 Å². The Morgan fingerprint density at radius 2 is 0.481 bits per heavy atom. The standard InChI is InChI=1S/C58H76N16O24S4.4K/c1-55-57(3)71-31-63-45-43-59(47(63)75)29-61-44-46-65(49(61)77)33-73-53(81)69-27-37-38(42(98-20-8-12-24-102(92,93)94)16-15-41(37)97-19-7-11-23-101(89,90)91)28-70-54(82)74(58(73,4)56(69,70)2)34-66(46)50(78)62(44)30-60(43)48(76)64(45)32-72(57)52(80)68(55)26-36-35(25-67(55)51(71)79)39(95-17-5-9-21-99(83,84)85)13-14-40(36)96-18-6-10-22-100(86,87)88;;;;/h13-16,43-46H,5-12,17-34H2,1-4H3,(H,83,84,85)(H,86,87,88)(H,89,90,91)(H,92,93,94);;;;/q;4*+1/p-4. The van der Waals surface area contributed by atoms with Crippen molar-refractivity contribution >= 4 is 88.7 Å². The van der Waals surface area contributed by atoms with Gasteiger partial charge in [-0.2, -0.15) is 0 Å². The largest absolute Gasteiger partial charge is 1.00 e. The maximum atomic E-state index is 15.7. The molecular formula is C58H72K4N16O24S4. The van der Waals surface area contributed by atoms with Gasteiger partial charge in [-0.3, -0.25) is 78.4 Å². The van der Waals surface area contributed by atoms with Gasteiger partial charge in [-0.15, -0.1) is 0 Å². The number of fused-ring (bicyclic) bond motifs is 2. The van der Waals surface area contributed by atoms with Crippen LogP contribution >= 0.6 is 0 Å². The van der Waals surface area contributed by atoms with Gasteiger partial charge in [0.1, 0.15) is 63.0 Å². The number of nitrogens with zero attached hydrogens (tertiary/aromatic N) is 16. The quantitative estimate of drug-likeness (QED) is 0.0535. The van der Waals surface area contributed by atoms with E-state index in [1.165, 1.54) is 78.4 Å². The third-order valence-corrected chi connectivity index (χ3v) is 26.0. The fraction of sp³-hybridized carbons (Fsp3) is 0.655. The van der Waals surface area contributed by atoms with E-state index in [-0.39, 0.29) is 333 Å². The molecule has 0 bridgehead atoms. The molecule has 0 atom stereocenters. The average Bonchev–Trinajstić information content (AvgIpc) is 1.49. The molecule has 2 aromatic carbocycles. The van der Waals surface area contributed by atoms with Crippen LogP contribution in [0.3, 0.4) is 0 Å². The van der Waals surface area contributed by atoms with Crippen molar-refractivity contribution in [3.8, 4) is 23.0 Å². The minimum absolute atomic E-state index is 0. The Kier molecular flexibility index (Phi) is 24.3. The molecule has 13 aliphatic heterocycles. The van der Waals surface area contributed by atoms with Gasteiger partial charge in [-0.05, 0) is 103 Å². The van der Waals surface area contributed by atoms with Gasteiger partial charge in [-0.1, -0.05) is 0 Å². The molecule has 40 nitrogen and oxygen atoms in total. The fourth-order valence-electron chi connectivity index (χ4n) is 17.4. The number of hydrogen-bond donors (Lipinski definition) is 0. The number of benzene rings is 2. The van der Waals surface area contributed by atoms with Gasteiger partial charge in [0.15, 0.2) is 47.3 Å². The number of unbranched alkanes of at least 4 members (excludes halogenated alkanes) is 4. The molecule has 0 aromatic heterocycles. The van der Waals surface area contributed by atoms with Crippen LogP contribution in [0.2, 0.25) is 0 Å². The molecule has 16 amide bonds. The molecule has 11 saturated heterocycles. The van der Waals surface area contributed by atoms with E-state index in [0.717, 1.165) is 0 Å². The SMILES string of the molecule is CC12N3Cc4c(OCCCCS(=O)(=O)[O-])ccc(OCCCCS(=O)(=O)[O-])c4CN1C(=O)N1CN4C(=O)N5CN6C(=O)N7CN8C(=O)N9Cc%10c(OCCCCS(=O)(=O)[O-])ccc(OCCCCS(=O)(=O)[O-])c%10CN%10C(=O)N(CN%11C(=O)N(CN%12C(=O)N(CN(C3=O)C12C)C4C%125)C6C%117)C8(C)C%109C.[K+].[K+].[K+].[K+]. The molecule has 15 rings (SSSR count). The summed E-state index contributed by atoms with van der Waals surface area (Å²) in [6.07, 6.45) is -4.72. The molecule has 0 radical (unpaired) electrons. The van der Waals surface area contributed by atoms with E-state index < -0.39 is 199 Å². The molecule has 0 saturated carbocycles. The number of ether oxygens (including phenoxy) is 4. The zero-order valence-electron chi connectivity index (χ0n) is 59.6. The second-order valence-electron chi connectivity index (χ2n) is 28.0. The van der Waals surface area contributed by atoms with E-state index in [9.17, 15) is 51.9 Å². The first-order valence-electron chi connectivity index (χ1n) is 33.2. The Balaban J connectivity index is 0.00000280. The van der Waals surface area contributed by atoms with Crippen LogP contribution in [0.5, 0.6) is 23.0 Å². The first-order chi connectivity index (χ1) is 47.9. The smallest absolute Gasteiger partial charge is 0.748 e. The zero-order chi connectivity index (χ0) is 72.8. The fourth-order valence-corrected chi connectivity index (χ4v) is 19.6. The van der Waals surface area contributed by atoms with Crippen molar-refractivity contribution in [1.29, 1.82) is 0 Å². The normalized spacial score (nSPS) is 27.8. The molecule has 0 N–H and O–H groups in total. The van der Waals surface area contributed by atoms with Crippen molar-refractivity contribution in [1.82, 2.24) is 78.4 Å². The van der Waals surface area contributed by atoms with Crippen molar-refractivity contribution < 1.29 is 315 Å². The minimum Gasteiger partial charge on any atom is -0.748 e. The maximum Gasteiger partial charge on any atom is 1.00 e. The summed E-state index contributed by atoms with van der Waals surface area (Å²) in [4.78, 5) is 147. The summed E-state index contributed by atoms with van der Waals surface area (Å²) < 4.78 is 162. The van der Waals surface area contributed by atoms with E-state index in [4.69, 9.17) is 18.9 Å². The monoisotopic (exact) mass is 1660 g/mol. The first-order valence-corrected chi connectivity index (χ1v) is 39.5. The van der Waals surface area contributed by atoms with Crippen molar-refractivity contribution in [3.05, 3.63) is 46.5 Å². The Morgan fingerprint density at radius 3 is 0.670 bits per heavy atom. The number of urea groups is 8. The molecule has 13 heterocycles. The van der Waals surface area contributed by atoms with Crippen LogP contribution in [0.15, 0.2) is 24.3 Å². The zero-order valence-corrected chi connectivity index (χ0v) is 75.3. The van der Waals surface area contributed by atoms with Crippen LogP contribution in [-0.2, 0) is 66.7 Å². The van der Waals surface area contributed by atoms with Crippen molar-refractivity contribution in [2.45, 2.75) is 153 Å². The summed E-state index contributed by atoms with van der Waals surface area (Å²) in [6, 6.07) is 0.539. The summed E-state index contributed by atoms with van der Waals surface area (Å²) in [5.74, 6) is -1.71. The van der Waals surface area contributed by atoms with Crippen LogP contribution in [-0.4, -0.2) is 315 Å². The van der Waals surface area contributed by atoms with Crippen molar-refractivity contribution in [3.63, 3.8) is 0 Å². The number of carbonyl (C=O) groups excluding carboxylic acids is 8. The average molecular weight is 1660 g/mol. The third-order valence-electron chi connectivity index (χ3n) is 22.8. The topological polar surface area (TPSA) is 454 Å². The van der Waals surface area contributed by atoms with Crippen LogP contribution in [0.1, 0.15) is 101 Å². The second-order valence-corrected chi connectivity index (χ2v) is 34.1. The van der Waals surface area contributed by atoms with Crippen LogP contribution in [0.4, 0.5) is 38.4 Å². The molecule has 13 aliphatic rings. The van der Waals surface area contributed by atoms with Gasteiger partial charge >= 0.3 is 254 Å². The van der Waals surface area contributed by atoms with Crippen LogP contribution < -0.4 is 224 Å². The Labute approximate surface area is 780 Å². The van der Waals surface area contributed by atoms with Crippen LogP contribution in [0, 0.1) is 0 Å². The summed E-state index contributed by atoms with van der Waals surface area (Å²) >= 11 is 0. The molecule has 2 aromatic rings. The second kappa shape index (κ2) is 30.3. The molecule has 556 valence electrons. The van der Waals surface area contributed by atoms with Gasteiger partial charge in [0.2, 0.25) is 0 Å². The van der Waals surface area contributed by atoms with Gasteiger partial charge in [0, 0.05) is 45.3 Å². The van der Waals surface area contributed by atoms with Crippen molar-refractivity contribution in [2.75, 3.05) is 89.5 Å². The van der Waals surface area contributed by atoms with E-state index in [1.54, 1.807) is 52.0 Å². The molecular weight excluding hydrogens is 1590 g/mol.